The smallest absolute Gasteiger partial charge is 0.373 e. The largest absolute Gasteiger partial charge is 0.475 e. The Morgan fingerprint density at radius 1 is 0.939 bits per heavy atom. The Morgan fingerprint density at radius 2 is 1.55 bits per heavy atom. The van der Waals surface area contributed by atoms with Gasteiger partial charge in [-0.3, -0.25) is 24.0 Å². The van der Waals surface area contributed by atoms with Crippen LogP contribution in [0.3, 0.4) is 0 Å². The predicted molar refractivity (Wildman–Crippen MR) is 106 cm³/mol. The second-order valence-corrected chi connectivity index (χ2v) is 6.93. The molecular weight excluding hydrogens is 446 g/mol. The van der Waals surface area contributed by atoms with Gasteiger partial charge in [-0.2, -0.15) is 0 Å². The van der Waals surface area contributed by atoms with E-state index in [0.717, 1.165) is 40.9 Å². The number of methoxy groups -OCH3 is 1. The number of carbonyl (C=O) groups is 6. The van der Waals surface area contributed by atoms with Crippen LogP contribution in [0.4, 0.5) is 0 Å². The molecule has 1 aliphatic heterocycles. The molecule has 33 heavy (non-hydrogen) atoms. The molecule has 1 N–H and O–H groups in total. The highest BCUT2D eigenvalue weighted by Crippen LogP contribution is 2.28. The standard InChI is InChI=1S/C20H27NO12/c1-9(22)21-14-7-15(20(27)28-6)33-19(17(14)31-12(4)25)18(32-13(5)26)16(30-11(3)24)8-29-10(2)23/h7,14,16-19H,8H2,1-6H3,(H,21,22). The molecule has 0 bridgehead atoms. The molecule has 1 heterocycles. The maximum atomic E-state index is 12.2. The quantitative estimate of drug-likeness (QED) is 0.331. The highest BCUT2D eigenvalue weighted by Gasteiger charge is 2.49. The lowest BCUT2D eigenvalue weighted by atomic mass is 9.93. The van der Waals surface area contributed by atoms with E-state index in [1.165, 1.54) is 6.92 Å². The Hall–Kier alpha value is -3.64. The van der Waals surface area contributed by atoms with Crippen molar-refractivity contribution in [3.63, 3.8) is 0 Å². The van der Waals surface area contributed by atoms with Crippen LogP contribution in [-0.2, 0) is 57.2 Å². The summed E-state index contributed by atoms with van der Waals surface area (Å²) < 4.78 is 31.0. The van der Waals surface area contributed by atoms with Gasteiger partial charge >= 0.3 is 29.8 Å². The van der Waals surface area contributed by atoms with E-state index in [1.54, 1.807) is 0 Å². The van der Waals surface area contributed by atoms with Crippen LogP contribution in [0.5, 0.6) is 0 Å². The zero-order valence-corrected chi connectivity index (χ0v) is 19.1. The van der Waals surface area contributed by atoms with Crippen molar-refractivity contribution in [1.82, 2.24) is 5.32 Å². The first kappa shape index (κ1) is 27.4. The molecular formula is C20H27NO12. The molecule has 13 heteroatoms. The van der Waals surface area contributed by atoms with Gasteiger partial charge in [0.1, 0.15) is 6.61 Å². The van der Waals surface area contributed by atoms with Crippen molar-refractivity contribution in [3.05, 3.63) is 11.8 Å². The first-order valence-corrected chi connectivity index (χ1v) is 9.74. The average Bonchev–Trinajstić information content (AvgIpc) is 2.68. The van der Waals surface area contributed by atoms with Crippen molar-refractivity contribution in [1.29, 1.82) is 0 Å². The van der Waals surface area contributed by atoms with Gasteiger partial charge in [0.15, 0.2) is 24.4 Å². The molecule has 5 unspecified atom stereocenters. The molecule has 0 aromatic rings. The summed E-state index contributed by atoms with van der Waals surface area (Å²) in [6, 6.07) is -1.12. The summed E-state index contributed by atoms with van der Waals surface area (Å²) in [6.07, 6.45) is -4.64. The fourth-order valence-corrected chi connectivity index (χ4v) is 3.03. The zero-order chi connectivity index (χ0) is 25.3. The van der Waals surface area contributed by atoms with Gasteiger partial charge in [-0.1, -0.05) is 0 Å². The van der Waals surface area contributed by atoms with Crippen LogP contribution in [-0.4, -0.2) is 79.9 Å². The summed E-state index contributed by atoms with van der Waals surface area (Å²) in [7, 11) is 1.08. The summed E-state index contributed by atoms with van der Waals surface area (Å²) in [5, 5.41) is 2.50. The number of amides is 1. The number of hydrogen-bond acceptors (Lipinski definition) is 12. The molecule has 0 aromatic carbocycles. The van der Waals surface area contributed by atoms with Crippen LogP contribution in [0.15, 0.2) is 11.8 Å². The normalized spacial score (nSPS) is 21.2. The minimum atomic E-state index is -1.54. The lowest BCUT2D eigenvalue weighted by Crippen LogP contribution is -2.60. The van der Waals surface area contributed by atoms with Crippen molar-refractivity contribution < 1.29 is 57.2 Å². The van der Waals surface area contributed by atoms with E-state index in [9.17, 15) is 28.8 Å². The molecule has 5 atom stereocenters. The molecule has 0 saturated heterocycles. The number of nitrogens with one attached hydrogen (secondary N) is 1. The van der Waals surface area contributed by atoms with E-state index < -0.39 is 78.6 Å². The van der Waals surface area contributed by atoms with Crippen molar-refractivity contribution in [2.24, 2.45) is 0 Å². The van der Waals surface area contributed by atoms with Crippen LogP contribution < -0.4 is 5.32 Å². The van der Waals surface area contributed by atoms with Gasteiger partial charge in [-0.05, 0) is 6.08 Å². The Labute approximate surface area is 189 Å². The highest BCUT2D eigenvalue weighted by atomic mass is 16.6. The SMILES string of the molecule is COC(=O)C1=CC(NC(C)=O)C(OC(C)=O)C(C(OC(C)=O)C(COC(C)=O)OC(C)=O)O1. The topological polar surface area (TPSA) is 170 Å². The molecule has 0 aliphatic carbocycles. The monoisotopic (exact) mass is 473 g/mol. The third kappa shape index (κ3) is 8.79. The Kier molecular flexibility index (Phi) is 10.3. The van der Waals surface area contributed by atoms with Crippen molar-refractivity contribution in [3.8, 4) is 0 Å². The summed E-state index contributed by atoms with van der Waals surface area (Å²) in [5.74, 6) is -5.05. The van der Waals surface area contributed by atoms with Crippen LogP contribution in [0.25, 0.3) is 0 Å². The lowest BCUT2D eigenvalue weighted by molar-refractivity contribution is -0.200. The van der Waals surface area contributed by atoms with Gasteiger partial charge < -0.3 is 33.7 Å². The summed E-state index contributed by atoms with van der Waals surface area (Å²) in [6.45, 7) is 4.95. The molecule has 1 aliphatic rings. The van der Waals surface area contributed by atoms with Crippen LogP contribution >= 0.6 is 0 Å². The van der Waals surface area contributed by atoms with Gasteiger partial charge in [0.25, 0.3) is 0 Å². The third-order valence-electron chi connectivity index (χ3n) is 4.09. The molecule has 0 aromatic heterocycles. The van der Waals surface area contributed by atoms with Crippen LogP contribution in [0.2, 0.25) is 0 Å². The van der Waals surface area contributed by atoms with Crippen LogP contribution in [0, 0.1) is 0 Å². The fraction of sp³-hybridized carbons (Fsp3) is 0.600. The van der Waals surface area contributed by atoms with E-state index in [-0.39, 0.29) is 0 Å². The minimum Gasteiger partial charge on any atom is -0.475 e. The second kappa shape index (κ2) is 12.4. The molecule has 1 rings (SSSR count). The van der Waals surface area contributed by atoms with Gasteiger partial charge in [-0.15, -0.1) is 0 Å². The lowest BCUT2D eigenvalue weighted by Gasteiger charge is -2.40. The van der Waals surface area contributed by atoms with Crippen molar-refractivity contribution in [2.45, 2.75) is 65.1 Å². The fourth-order valence-electron chi connectivity index (χ4n) is 3.03. The van der Waals surface area contributed by atoms with Gasteiger partial charge in [-0.25, -0.2) is 4.79 Å². The van der Waals surface area contributed by atoms with Gasteiger partial charge in [0.2, 0.25) is 11.7 Å². The van der Waals surface area contributed by atoms with E-state index in [4.69, 9.17) is 23.7 Å². The van der Waals surface area contributed by atoms with E-state index in [0.29, 0.717) is 0 Å². The average molecular weight is 473 g/mol. The van der Waals surface area contributed by atoms with Crippen molar-refractivity contribution in [2.75, 3.05) is 13.7 Å². The predicted octanol–water partition coefficient (Wildman–Crippen LogP) is -0.695. The number of ether oxygens (including phenoxy) is 6. The molecule has 0 radical (unpaired) electrons. The summed E-state index contributed by atoms with van der Waals surface area (Å²) >= 11 is 0. The molecule has 1 amide bonds. The maximum absolute atomic E-state index is 12.2. The van der Waals surface area contributed by atoms with E-state index in [2.05, 4.69) is 10.1 Å². The second-order valence-electron chi connectivity index (χ2n) is 6.93. The molecule has 0 fully saturated rings. The first-order chi connectivity index (χ1) is 15.3. The number of rotatable bonds is 9. The third-order valence-corrected chi connectivity index (χ3v) is 4.09. The van der Waals surface area contributed by atoms with E-state index >= 15 is 0 Å². The Bertz CT molecular complexity index is 820. The molecule has 0 saturated carbocycles. The number of hydrogen-bond donors (Lipinski definition) is 1. The highest BCUT2D eigenvalue weighted by molar-refractivity contribution is 5.87. The number of esters is 5. The molecule has 13 nitrogen and oxygen atoms in total. The van der Waals surface area contributed by atoms with Crippen LogP contribution in [0.1, 0.15) is 34.6 Å². The molecule has 0 spiro atoms. The van der Waals surface area contributed by atoms with E-state index in [1.807, 2.05) is 0 Å². The Balaban J connectivity index is 3.58. The Morgan fingerprint density at radius 3 is 2.00 bits per heavy atom. The first-order valence-electron chi connectivity index (χ1n) is 9.74. The summed E-state index contributed by atoms with van der Waals surface area (Å²) in [4.78, 5) is 70.6. The van der Waals surface area contributed by atoms with Gasteiger partial charge in [0, 0.05) is 34.6 Å². The maximum Gasteiger partial charge on any atom is 0.373 e. The summed E-state index contributed by atoms with van der Waals surface area (Å²) in [5.41, 5.74) is 0. The van der Waals surface area contributed by atoms with Crippen molar-refractivity contribution >= 4 is 35.8 Å². The molecule has 184 valence electrons. The zero-order valence-electron chi connectivity index (χ0n) is 19.1. The van der Waals surface area contributed by atoms with Gasteiger partial charge in [0.05, 0.1) is 13.2 Å². The number of carbonyl (C=O) groups excluding carboxylic acids is 6. The minimum absolute atomic E-state index is 0.393.